The molecule has 0 aliphatic carbocycles. The third-order valence-corrected chi connectivity index (χ3v) is 2.18. The molecular weight excluding hydrogens is 188 g/mol. The van der Waals surface area contributed by atoms with Crippen molar-refractivity contribution in [3.63, 3.8) is 0 Å². The summed E-state index contributed by atoms with van der Waals surface area (Å²) in [6.45, 7) is 1.28. The Morgan fingerprint density at radius 3 is 2.69 bits per heavy atom. The van der Waals surface area contributed by atoms with E-state index in [0.29, 0.717) is 19.1 Å². The van der Waals surface area contributed by atoms with Crippen molar-refractivity contribution in [2.45, 2.75) is 6.42 Å². The minimum atomic E-state index is 0.636. The van der Waals surface area contributed by atoms with E-state index in [-0.39, 0.29) is 0 Å². The molecule has 0 fully saturated rings. The molecule has 0 bridgehead atoms. The standard InChI is InChI=1S/C10H11ClO2/c11-4-3-8-1-2-9-10(7-8)13-6-5-12-9/h1-2,7H,3-6H2. The summed E-state index contributed by atoms with van der Waals surface area (Å²) in [5, 5.41) is 0. The maximum absolute atomic E-state index is 5.65. The summed E-state index contributed by atoms with van der Waals surface area (Å²) < 4.78 is 10.8. The summed E-state index contributed by atoms with van der Waals surface area (Å²) in [4.78, 5) is 0. The zero-order chi connectivity index (χ0) is 9.10. The third-order valence-electron chi connectivity index (χ3n) is 1.99. The Morgan fingerprint density at radius 2 is 1.92 bits per heavy atom. The van der Waals surface area contributed by atoms with Crippen LogP contribution in [0.4, 0.5) is 0 Å². The molecule has 1 aliphatic heterocycles. The maximum atomic E-state index is 5.65. The maximum Gasteiger partial charge on any atom is 0.161 e. The van der Waals surface area contributed by atoms with Crippen LogP contribution in [0, 0.1) is 0 Å². The lowest BCUT2D eigenvalue weighted by Crippen LogP contribution is -2.15. The fraction of sp³-hybridized carbons (Fsp3) is 0.400. The summed E-state index contributed by atoms with van der Waals surface area (Å²) in [7, 11) is 0. The van der Waals surface area contributed by atoms with Gasteiger partial charge < -0.3 is 9.47 Å². The lowest BCUT2D eigenvalue weighted by Gasteiger charge is -2.18. The fourth-order valence-corrected chi connectivity index (χ4v) is 1.57. The molecule has 1 aromatic rings. The van der Waals surface area contributed by atoms with Gasteiger partial charge in [0.1, 0.15) is 13.2 Å². The molecule has 1 heterocycles. The highest BCUT2D eigenvalue weighted by Gasteiger charge is 2.10. The molecule has 0 saturated heterocycles. The minimum Gasteiger partial charge on any atom is -0.486 e. The second-order valence-corrected chi connectivity index (χ2v) is 3.29. The van der Waals surface area contributed by atoms with Crippen LogP contribution in [0.5, 0.6) is 11.5 Å². The van der Waals surface area contributed by atoms with Crippen LogP contribution in [0.25, 0.3) is 0 Å². The molecule has 0 unspecified atom stereocenters. The molecule has 2 rings (SSSR count). The predicted octanol–water partition coefficient (Wildman–Crippen LogP) is 2.24. The lowest BCUT2D eigenvalue weighted by atomic mass is 10.1. The van der Waals surface area contributed by atoms with E-state index in [1.165, 1.54) is 5.56 Å². The van der Waals surface area contributed by atoms with Crippen molar-refractivity contribution in [2.24, 2.45) is 0 Å². The van der Waals surface area contributed by atoms with Gasteiger partial charge in [0.05, 0.1) is 0 Å². The fourth-order valence-electron chi connectivity index (χ4n) is 1.35. The van der Waals surface area contributed by atoms with E-state index in [9.17, 15) is 0 Å². The van der Waals surface area contributed by atoms with Crippen LogP contribution in [0.3, 0.4) is 0 Å². The van der Waals surface area contributed by atoms with Crippen LogP contribution in [0.1, 0.15) is 5.56 Å². The Labute approximate surface area is 82.4 Å². The van der Waals surface area contributed by atoms with E-state index in [0.717, 1.165) is 17.9 Å². The largest absolute Gasteiger partial charge is 0.486 e. The van der Waals surface area contributed by atoms with Gasteiger partial charge in [-0.3, -0.25) is 0 Å². The Balaban J connectivity index is 2.24. The van der Waals surface area contributed by atoms with Crippen molar-refractivity contribution in [1.29, 1.82) is 0 Å². The monoisotopic (exact) mass is 198 g/mol. The van der Waals surface area contributed by atoms with Crippen LogP contribution in [-0.4, -0.2) is 19.1 Å². The average molecular weight is 199 g/mol. The average Bonchev–Trinajstić information content (AvgIpc) is 2.18. The molecule has 1 aliphatic rings. The van der Waals surface area contributed by atoms with Gasteiger partial charge in [0, 0.05) is 5.88 Å². The van der Waals surface area contributed by atoms with E-state index >= 15 is 0 Å². The SMILES string of the molecule is ClCCc1ccc2c(c1)OCCO2. The molecule has 0 radical (unpaired) electrons. The summed E-state index contributed by atoms with van der Waals surface area (Å²) in [5.41, 5.74) is 1.19. The number of fused-ring (bicyclic) bond motifs is 1. The van der Waals surface area contributed by atoms with E-state index < -0.39 is 0 Å². The highest BCUT2D eigenvalue weighted by molar-refractivity contribution is 6.17. The van der Waals surface area contributed by atoms with Gasteiger partial charge in [-0.05, 0) is 24.1 Å². The first-order chi connectivity index (χ1) is 6.40. The minimum absolute atomic E-state index is 0.636. The van der Waals surface area contributed by atoms with Crippen LogP contribution < -0.4 is 9.47 Å². The summed E-state index contributed by atoms with van der Waals surface area (Å²) in [6.07, 6.45) is 0.873. The van der Waals surface area contributed by atoms with Gasteiger partial charge in [0.2, 0.25) is 0 Å². The second-order valence-electron chi connectivity index (χ2n) is 2.92. The molecule has 0 saturated carbocycles. The number of benzene rings is 1. The van der Waals surface area contributed by atoms with Crippen LogP contribution in [-0.2, 0) is 6.42 Å². The number of halogens is 1. The number of hydrogen-bond acceptors (Lipinski definition) is 2. The Morgan fingerprint density at radius 1 is 1.15 bits per heavy atom. The van der Waals surface area contributed by atoms with Crippen molar-refractivity contribution >= 4 is 11.6 Å². The first-order valence-corrected chi connectivity index (χ1v) is 4.88. The molecule has 70 valence electrons. The van der Waals surface area contributed by atoms with Crippen molar-refractivity contribution in [3.8, 4) is 11.5 Å². The van der Waals surface area contributed by atoms with Gasteiger partial charge in [-0.15, -0.1) is 11.6 Å². The van der Waals surface area contributed by atoms with Crippen molar-refractivity contribution in [1.82, 2.24) is 0 Å². The summed E-state index contributed by atoms with van der Waals surface area (Å²) in [5.74, 6) is 2.32. The molecule has 0 amide bonds. The third kappa shape index (κ3) is 1.89. The zero-order valence-corrected chi connectivity index (χ0v) is 8.01. The molecule has 2 nitrogen and oxygen atoms in total. The topological polar surface area (TPSA) is 18.5 Å². The molecular formula is C10H11ClO2. The lowest BCUT2D eigenvalue weighted by molar-refractivity contribution is 0.171. The number of alkyl halides is 1. The number of rotatable bonds is 2. The molecule has 1 aromatic carbocycles. The smallest absolute Gasteiger partial charge is 0.161 e. The normalized spacial score (nSPS) is 14.2. The molecule has 0 aromatic heterocycles. The zero-order valence-electron chi connectivity index (χ0n) is 7.25. The van der Waals surface area contributed by atoms with Crippen molar-refractivity contribution in [2.75, 3.05) is 19.1 Å². The van der Waals surface area contributed by atoms with Crippen LogP contribution in [0.15, 0.2) is 18.2 Å². The first kappa shape index (κ1) is 8.70. The van der Waals surface area contributed by atoms with Crippen LogP contribution in [0.2, 0.25) is 0 Å². The van der Waals surface area contributed by atoms with Crippen molar-refractivity contribution in [3.05, 3.63) is 23.8 Å². The van der Waals surface area contributed by atoms with Gasteiger partial charge in [-0.2, -0.15) is 0 Å². The number of aryl methyl sites for hydroxylation is 1. The van der Waals surface area contributed by atoms with Crippen molar-refractivity contribution < 1.29 is 9.47 Å². The first-order valence-electron chi connectivity index (χ1n) is 4.34. The van der Waals surface area contributed by atoms with E-state index in [1.807, 2.05) is 18.2 Å². The van der Waals surface area contributed by atoms with Gasteiger partial charge >= 0.3 is 0 Å². The molecule has 0 N–H and O–H groups in total. The molecule has 3 heteroatoms. The molecule has 0 spiro atoms. The van der Waals surface area contributed by atoms with E-state index in [1.54, 1.807) is 0 Å². The second kappa shape index (κ2) is 3.88. The van der Waals surface area contributed by atoms with E-state index in [4.69, 9.17) is 21.1 Å². The Bertz CT molecular complexity index is 299. The Hall–Kier alpha value is -0.890. The predicted molar refractivity (Wildman–Crippen MR) is 51.9 cm³/mol. The highest BCUT2D eigenvalue weighted by Crippen LogP contribution is 2.30. The summed E-state index contributed by atoms with van der Waals surface area (Å²) >= 11 is 5.65. The van der Waals surface area contributed by atoms with E-state index in [2.05, 4.69) is 0 Å². The van der Waals surface area contributed by atoms with Crippen LogP contribution >= 0.6 is 11.6 Å². The molecule has 13 heavy (non-hydrogen) atoms. The Kier molecular flexibility index (Phi) is 2.60. The number of hydrogen-bond donors (Lipinski definition) is 0. The van der Waals surface area contributed by atoms with Gasteiger partial charge in [0.15, 0.2) is 11.5 Å². The van der Waals surface area contributed by atoms with Gasteiger partial charge in [-0.25, -0.2) is 0 Å². The molecule has 0 atom stereocenters. The van der Waals surface area contributed by atoms with Gasteiger partial charge in [-0.1, -0.05) is 6.07 Å². The van der Waals surface area contributed by atoms with Gasteiger partial charge in [0.25, 0.3) is 0 Å². The highest BCUT2D eigenvalue weighted by atomic mass is 35.5. The quantitative estimate of drug-likeness (QED) is 0.679. The summed E-state index contributed by atoms with van der Waals surface area (Å²) in [6, 6.07) is 5.96. The number of ether oxygens (including phenoxy) is 2.